The Morgan fingerprint density at radius 3 is 2.63 bits per heavy atom. The highest BCUT2D eigenvalue weighted by Crippen LogP contribution is 2.19. The second-order valence-electron chi connectivity index (χ2n) is 3.98. The molecule has 2 rings (SSSR count). The van der Waals surface area contributed by atoms with Crippen molar-refractivity contribution in [3.8, 4) is 0 Å². The molecule has 1 N–H and O–H groups in total. The average Bonchev–Trinajstić information content (AvgIpc) is 2.69. The number of carbonyl (C=O) groups excluding carboxylic acids is 1. The summed E-state index contributed by atoms with van der Waals surface area (Å²) in [6, 6.07) is 7.60. The van der Waals surface area contributed by atoms with Crippen LogP contribution in [0.4, 0.5) is 4.39 Å². The van der Waals surface area contributed by atoms with Crippen molar-refractivity contribution < 1.29 is 9.18 Å². The fourth-order valence-electron chi connectivity index (χ4n) is 1.67. The van der Waals surface area contributed by atoms with E-state index < -0.39 is 5.82 Å². The van der Waals surface area contributed by atoms with Gasteiger partial charge in [0.2, 0.25) is 0 Å². The number of rotatable bonds is 3. The smallest absolute Gasteiger partial charge is 0.268 e. The fourth-order valence-corrected chi connectivity index (χ4v) is 2.06. The molecular weight excluding hydrogens is 290 g/mol. The molecule has 0 aliphatic heterocycles. The number of hydrogen-bond acceptors (Lipinski definition) is 1. The predicted molar refractivity (Wildman–Crippen MR) is 73.0 cm³/mol. The summed E-state index contributed by atoms with van der Waals surface area (Å²) < 4.78 is 15.1. The molecule has 0 saturated carbocycles. The minimum absolute atomic E-state index is 0.0210. The standard InChI is InChI=1S/C13H11Cl2FN2O/c1-18-11(5-6-12(18)15)13(19)17-7-8-9(14)3-2-4-10(8)16/h2-6H,7H2,1H3,(H,17,19). The van der Waals surface area contributed by atoms with Crippen LogP contribution in [0.3, 0.4) is 0 Å². The topological polar surface area (TPSA) is 34.0 Å². The highest BCUT2D eigenvalue weighted by Gasteiger charge is 2.13. The summed E-state index contributed by atoms with van der Waals surface area (Å²) in [5, 5.41) is 3.34. The molecule has 0 spiro atoms. The molecule has 2 aromatic rings. The summed E-state index contributed by atoms with van der Waals surface area (Å²) in [5.41, 5.74) is 0.662. The third-order valence-electron chi connectivity index (χ3n) is 2.78. The number of hydrogen-bond donors (Lipinski definition) is 1. The number of carbonyl (C=O) groups is 1. The van der Waals surface area contributed by atoms with Gasteiger partial charge < -0.3 is 9.88 Å². The number of benzene rings is 1. The van der Waals surface area contributed by atoms with Gasteiger partial charge in [-0.2, -0.15) is 0 Å². The molecule has 6 heteroatoms. The van der Waals surface area contributed by atoms with Gasteiger partial charge in [-0.15, -0.1) is 0 Å². The average molecular weight is 301 g/mol. The van der Waals surface area contributed by atoms with Crippen molar-refractivity contribution in [2.75, 3.05) is 0 Å². The molecule has 0 unspecified atom stereocenters. The lowest BCUT2D eigenvalue weighted by Crippen LogP contribution is -2.25. The summed E-state index contributed by atoms with van der Waals surface area (Å²) in [4.78, 5) is 11.9. The second-order valence-corrected chi connectivity index (χ2v) is 4.78. The van der Waals surface area contributed by atoms with Gasteiger partial charge in [-0.1, -0.05) is 29.3 Å². The Morgan fingerprint density at radius 2 is 2.05 bits per heavy atom. The van der Waals surface area contributed by atoms with E-state index in [0.717, 1.165) is 0 Å². The maximum Gasteiger partial charge on any atom is 0.268 e. The molecular formula is C13H11Cl2FN2O. The van der Waals surface area contributed by atoms with E-state index in [1.807, 2.05) is 0 Å². The van der Waals surface area contributed by atoms with E-state index >= 15 is 0 Å². The Balaban J connectivity index is 2.11. The molecule has 0 fully saturated rings. The normalized spacial score (nSPS) is 10.5. The number of nitrogens with zero attached hydrogens (tertiary/aromatic N) is 1. The van der Waals surface area contributed by atoms with Crippen LogP contribution in [0.1, 0.15) is 16.1 Å². The Hall–Kier alpha value is -1.52. The lowest BCUT2D eigenvalue weighted by molar-refractivity contribution is 0.0942. The Morgan fingerprint density at radius 1 is 1.32 bits per heavy atom. The van der Waals surface area contributed by atoms with Crippen molar-refractivity contribution in [1.82, 2.24) is 9.88 Å². The second kappa shape index (κ2) is 5.63. The molecule has 1 heterocycles. The number of halogens is 3. The van der Waals surface area contributed by atoms with Crippen molar-refractivity contribution in [3.63, 3.8) is 0 Å². The van der Waals surface area contributed by atoms with Crippen LogP contribution in [0.25, 0.3) is 0 Å². The van der Waals surface area contributed by atoms with E-state index in [0.29, 0.717) is 10.8 Å². The van der Waals surface area contributed by atoms with Crippen molar-refractivity contribution in [2.45, 2.75) is 6.54 Å². The monoisotopic (exact) mass is 300 g/mol. The molecule has 1 amide bonds. The van der Waals surface area contributed by atoms with Crippen LogP contribution in [0.2, 0.25) is 10.2 Å². The first-order chi connectivity index (χ1) is 9.00. The molecule has 0 atom stereocenters. The van der Waals surface area contributed by atoms with Crippen molar-refractivity contribution in [3.05, 3.63) is 57.6 Å². The minimum atomic E-state index is -0.447. The zero-order chi connectivity index (χ0) is 14.0. The van der Waals surface area contributed by atoms with E-state index in [1.54, 1.807) is 29.8 Å². The van der Waals surface area contributed by atoms with Gasteiger partial charge in [0.05, 0.1) is 0 Å². The fraction of sp³-hybridized carbons (Fsp3) is 0.154. The highest BCUT2D eigenvalue weighted by molar-refractivity contribution is 6.31. The number of aromatic nitrogens is 1. The minimum Gasteiger partial charge on any atom is -0.347 e. The lowest BCUT2D eigenvalue weighted by atomic mass is 10.2. The van der Waals surface area contributed by atoms with Gasteiger partial charge in [0.25, 0.3) is 5.91 Å². The first-order valence-electron chi connectivity index (χ1n) is 5.53. The van der Waals surface area contributed by atoms with Crippen LogP contribution in [0, 0.1) is 5.82 Å². The van der Waals surface area contributed by atoms with E-state index in [9.17, 15) is 9.18 Å². The van der Waals surface area contributed by atoms with Crippen LogP contribution in [0.5, 0.6) is 0 Å². The lowest BCUT2D eigenvalue weighted by Gasteiger charge is -2.09. The van der Waals surface area contributed by atoms with Gasteiger partial charge in [-0.3, -0.25) is 4.79 Å². The summed E-state index contributed by atoms with van der Waals surface area (Å²) >= 11 is 11.7. The predicted octanol–water partition coefficient (Wildman–Crippen LogP) is 3.40. The van der Waals surface area contributed by atoms with Gasteiger partial charge in [0.15, 0.2) is 0 Å². The van der Waals surface area contributed by atoms with Crippen LogP contribution < -0.4 is 5.32 Å². The van der Waals surface area contributed by atoms with Gasteiger partial charge in [0, 0.05) is 24.2 Å². The maximum absolute atomic E-state index is 13.5. The van der Waals surface area contributed by atoms with Gasteiger partial charge >= 0.3 is 0 Å². The van der Waals surface area contributed by atoms with Crippen LogP contribution in [0.15, 0.2) is 30.3 Å². The Bertz CT molecular complexity index is 605. The highest BCUT2D eigenvalue weighted by atomic mass is 35.5. The van der Waals surface area contributed by atoms with E-state index in [2.05, 4.69) is 5.32 Å². The van der Waals surface area contributed by atoms with Crippen molar-refractivity contribution in [1.29, 1.82) is 0 Å². The largest absolute Gasteiger partial charge is 0.347 e. The molecule has 19 heavy (non-hydrogen) atoms. The molecule has 0 aliphatic rings. The van der Waals surface area contributed by atoms with Crippen LogP contribution >= 0.6 is 23.2 Å². The summed E-state index contributed by atoms with van der Waals surface area (Å²) in [7, 11) is 1.67. The number of amides is 1. The molecule has 1 aromatic carbocycles. The van der Waals surface area contributed by atoms with Crippen molar-refractivity contribution >= 4 is 29.1 Å². The molecule has 1 aromatic heterocycles. The maximum atomic E-state index is 13.5. The van der Waals surface area contributed by atoms with Crippen LogP contribution in [-0.2, 0) is 13.6 Å². The first-order valence-corrected chi connectivity index (χ1v) is 6.28. The van der Waals surface area contributed by atoms with Gasteiger partial charge in [-0.25, -0.2) is 4.39 Å². The summed E-state index contributed by atoms with van der Waals surface area (Å²) in [6.45, 7) is 0.0210. The molecule has 0 aliphatic carbocycles. The number of nitrogens with one attached hydrogen (secondary N) is 1. The van der Waals surface area contributed by atoms with E-state index in [1.165, 1.54) is 12.1 Å². The quantitative estimate of drug-likeness (QED) is 0.926. The zero-order valence-corrected chi connectivity index (χ0v) is 11.6. The van der Waals surface area contributed by atoms with E-state index in [-0.39, 0.29) is 23.0 Å². The third kappa shape index (κ3) is 2.91. The van der Waals surface area contributed by atoms with Gasteiger partial charge in [-0.05, 0) is 24.3 Å². The molecule has 0 bridgehead atoms. The van der Waals surface area contributed by atoms with Crippen molar-refractivity contribution in [2.24, 2.45) is 7.05 Å². The molecule has 100 valence electrons. The molecule has 0 saturated heterocycles. The van der Waals surface area contributed by atoms with Crippen LogP contribution in [-0.4, -0.2) is 10.5 Å². The summed E-state index contributed by atoms with van der Waals surface area (Å²) in [5.74, 6) is -0.786. The third-order valence-corrected chi connectivity index (χ3v) is 3.51. The zero-order valence-electron chi connectivity index (χ0n) is 10.1. The van der Waals surface area contributed by atoms with Gasteiger partial charge in [0.1, 0.15) is 16.7 Å². The van der Waals surface area contributed by atoms with E-state index in [4.69, 9.17) is 23.2 Å². The Kier molecular flexibility index (Phi) is 4.12. The SMILES string of the molecule is Cn1c(Cl)ccc1C(=O)NCc1c(F)cccc1Cl. The molecule has 0 radical (unpaired) electrons. The Labute approximate surface area is 119 Å². The molecule has 3 nitrogen and oxygen atoms in total. The summed E-state index contributed by atoms with van der Waals surface area (Å²) in [6.07, 6.45) is 0. The first kappa shape index (κ1) is 13.9.